The second-order valence-electron chi connectivity index (χ2n) is 13.4. The first-order valence-corrected chi connectivity index (χ1v) is 17.3. The highest BCUT2D eigenvalue weighted by molar-refractivity contribution is 7.23. The van der Waals surface area contributed by atoms with Gasteiger partial charge in [0.05, 0.1) is 26.9 Å². The van der Waals surface area contributed by atoms with Crippen LogP contribution in [0, 0.1) is 6.92 Å². The summed E-state index contributed by atoms with van der Waals surface area (Å²) in [6, 6.07) is 47.8. The minimum Gasteiger partial charge on any atom is -0.276 e. The molecule has 9 aromatic rings. The van der Waals surface area contributed by atoms with Crippen molar-refractivity contribution >= 4 is 54.1 Å². The Morgan fingerprint density at radius 2 is 1.29 bits per heavy atom. The lowest BCUT2D eigenvalue weighted by Gasteiger charge is -2.21. The number of fused-ring (bicyclic) bond motifs is 10. The van der Waals surface area contributed by atoms with Crippen molar-refractivity contribution in [2.24, 2.45) is 0 Å². The van der Waals surface area contributed by atoms with Crippen LogP contribution < -0.4 is 0 Å². The van der Waals surface area contributed by atoms with Crippen LogP contribution in [0.15, 0.2) is 133 Å². The van der Waals surface area contributed by atoms with Gasteiger partial charge in [0.15, 0.2) is 0 Å². The third kappa shape index (κ3) is 3.69. The van der Waals surface area contributed by atoms with Gasteiger partial charge in [-0.3, -0.25) is 4.57 Å². The summed E-state index contributed by atoms with van der Waals surface area (Å²) in [5.41, 5.74) is 13.0. The van der Waals surface area contributed by atoms with Crippen molar-refractivity contribution in [3.63, 3.8) is 0 Å². The first-order valence-electron chi connectivity index (χ1n) is 16.5. The molecule has 1 aliphatic rings. The molecule has 0 saturated heterocycles. The molecule has 1 aliphatic carbocycles. The van der Waals surface area contributed by atoms with Gasteiger partial charge in [0, 0.05) is 32.0 Å². The highest BCUT2D eigenvalue weighted by Crippen LogP contribution is 2.56. The Balaban J connectivity index is 1.32. The monoisotopic (exact) mass is 633 g/mol. The van der Waals surface area contributed by atoms with E-state index >= 15 is 0 Å². The molecule has 6 aromatic carbocycles. The molecular formula is C44H31N3S. The van der Waals surface area contributed by atoms with Crippen LogP contribution in [0.3, 0.4) is 0 Å². The van der Waals surface area contributed by atoms with E-state index in [0.717, 1.165) is 27.7 Å². The summed E-state index contributed by atoms with van der Waals surface area (Å²) >= 11 is 1.91. The molecule has 0 fully saturated rings. The van der Waals surface area contributed by atoms with Gasteiger partial charge in [0.2, 0.25) is 5.95 Å². The number of aryl methyl sites for hydroxylation is 1. The maximum Gasteiger partial charge on any atom is 0.235 e. The van der Waals surface area contributed by atoms with E-state index in [4.69, 9.17) is 9.97 Å². The minimum atomic E-state index is -0.0807. The van der Waals surface area contributed by atoms with Crippen molar-refractivity contribution in [2.45, 2.75) is 26.2 Å². The molecule has 0 atom stereocenters. The summed E-state index contributed by atoms with van der Waals surface area (Å²) in [6.07, 6.45) is 0. The Morgan fingerprint density at radius 1 is 0.604 bits per heavy atom. The van der Waals surface area contributed by atoms with E-state index in [9.17, 15) is 0 Å². The molecule has 0 spiro atoms. The fourth-order valence-corrected chi connectivity index (χ4v) is 9.73. The van der Waals surface area contributed by atoms with E-state index in [1.54, 1.807) is 0 Å². The van der Waals surface area contributed by atoms with E-state index in [-0.39, 0.29) is 5.41 Å². The number of aromatic nitrogens is 3. The third-order valence-electron chi connectivity index (χ3n) is 10.4. The molecule has 0 radical (unpaired) electrons. The Hall–Kier alpha value is -5.58. The number of rotatable bonds is 3. The van der Waals surface area contributed by atoms with E-state index in [1.807, 2.05) is 11.3 Å². The number of benzene rings is 6. The van der Waals surface area contributed by atoms with Crippen molar-refractivity contribution in [1.29, 1.82) is 0 Å². The molecule has 0 unspecified atom stereocenters. The van der Waals surface area contributed by atoms with Gasteiger partial charge in [-0.1, -0.05) is 135 Å². The number of thiophene rings is 1. The number of para-hydroxylation sites is 1. The molecule has 0 amide bonds. The molecule has 3 aromatic heterocycles. The van der Waals surface area contributed by atoms with Gasteiger partial charge in [-0.15, -0.1) is 11.3 Å². The van der Waals surface area contributed by atoms with Crippen LogP contribution in [0.2, 0.25) is 0 Å². The Morgan fingerprint density at radius 3 is 2.10 bits per heavy atom. The van der Waals surface area contributed by atoms with Crippen LogP contribution in [0.4, 0.5) is 0 Å². The molecule has 0 saturated carbocycles. The van der Waals surface area contributed by atoms with Gasteiger partial charge in [-0.2, -0.15) is 0 Å². The average molecular weight is 634 g/mol. The second-order valence-corrected chi connectivity index (χ2v) is 14.4. The number of nitrogens with zero attached hydrogens (tertiary/aromatic N) is 3. The summed E-state index contributed by atoms with van der Waals surface area (Å²) in [5, 5.41) is 4.85. The normalized spacial score (nSPS) is 13.5. The van der Waals surface area contributed by atoms with Crippen LogP contribution in [-0.2, 0) is 5.41 Å². The van der Waals surface area contributed by atoms with Gasteiger partial charge in [0.1, 0.15) is 0 Å². The van der Waals surface area contributed by atoms with Crippen molar-refractivity contribution in [1.82, 2.24) is 14.5 Å². The molecular weight excluding hydrogens is 603 g/mol. The SMILES string of the molecule is Cc1c(-c2ccccc2)ccc2nc(-n3c4ccccc4c4ccc5c6c(sc5c43)-c3ccccc3C6(C)C)nc(-c3ccccc3)c12. The van der Waals surface area contributed by atoms with E-state index in [2.05, 4.69) is 159 Å². The Kier molecular flexibility index (Phi) is 5.71. The van der Waals surface area contributed by atoms with Crippen molar-refractivity contribution in [3.8, 4) is 38.8 Å². The maximum atomic E-state index is 5.50. The van der Waals surface area contributed by atoms with Crippen molar-refractivity contribution in [2.75, 3.05) is 0 Å². The largest absolute Gasteiger partial charge is 0.276 e. The van der Waals surface area contributed by atoms with Gasteiger partial charge in [0.25, 0.3) is 0 Å². The first-order chi connectivity index (χ1) is 23.5. The lowest BCUT2D eigenvalue weighted by Crippen LogP contribution is -2.14. The van der Waals surface area contributed by atoms with Crippen LogP contribution in [0.5, 0.6) is 0 Å². The molecule has 4 heteroatoms. The molecule has 228 valence electrons. The smallest absolute Gasteiger partial charge is 0.235 e. The molecule has 10 rings (SSSR count). The zero-order valence-electron chi connectivity index (χ0n) is 27.0. The van der Waals surface area contributed by atoms with Crippen molar-refractivity contribution in [3.05, 3.63) is 150 Å². The fourth-order valence-electron chi connectivity index (χ4n) is 8.20. The zero-order chi connectivity index (χ0) is 32.1. The minimum absolute atomic E-state index is 0.0807. The summed E-state index contributed by atoms with van der Waals surface area (Å²) in [7, 11) is 0. The summed E-state index contributed by atoms with van der Waals surface area (Å²) in [5.74, 6) is 0.695. The highest BCUT2D eigenvalue weighted by Gasteiger charge is 2.39. The van der Waals surface area contributed by atoms with Gasteiger partial charge in [-0.05, 0) is 57.8 Å². The van der Waals surface area contributed by atoms with Crippen LogP contribution in [0.25, 0.3) is 81.6 Å². The maximum absolute atomic E-state index is 5.50. The van der Waals surface area contributed by atoms with E-state index in [1.165, 1.54) is 64.6 Å². The number of hydrogen-bond acceptors (Lipinski definition) is 3. The third-order valence-corrected chi connectivity index (χ3v) is 11.7. The van der Waals surface area contributed by atoms with E-state index < -0.39 is 0 Å². The van der Waals surface area contributed by atoms with E-state index in [0.29, 0.717) is 5.95 Å². The topological polar surface area (TPSA) is 30.7 Å². The van der Waals surface area contributed by atoms with Gasteiger partial charge in [-0.25, -0.2) is 9.97 Å². The summed E-state index contributed by atoms with van der Waals surface area (Å²) < 4.78 is 3.61. The second kappa shape index (κ2) is 9.96. The van der Waals surface area contributed by atoms with Crippen LogP contribution in [-0.4, -0.2) is 14.5 Å². The molecule has 3 heterocycles. The van der Waals surface area contributed by atoms with Gasteiger partial charge < -0.3 is 0 Å². The molecule has 3 nitrogen and oxygen atoms in total. The predicted molar refractivity (Wildman–Crippen MR) is 202 cm³/mol. The van der Waals surface area contributed by atoms with Crippen molar-refractivity contribution < 1.29 is 0 Å². The summed E-state index contributed by atoms with van der Waals surface area (Å²) in [4.78, 5) is 12.3. The lowest BCUT2D eigenvalue weighted by atomic mass is 9.81. The Bertz CT molecular complexity index is 2750. The molecule has 0 bridgehead atoms. The molecule has 0 N–H and O–H groups in total. The predicted octanol–water partition coefficient (Wildman–Crippen LogP) is 11.9. The standard InChI is InChI=1S/C44H31N3S/c1-26-29(27-14-6-4-7-15-27)24-25-35-37(26)39(28-16-8-5-9-17-28)46-43(45-35)47-36-21-13-11-18-30(36)31-22-23-33-38-41(48-42(33)40(31)47)32-19-10-12-20-34(32)44(38,2)3/h4-25H,1-3H3. The highest BCUT2D eigenvalue weighted by atomic mass is 32.1. The molecule has 0 aliphatic heterocycles. The summed E-state index contributed by atoms with van der Waals surface area (Å²) in [6.45, 7) is 6.94. The lowest BCUT2D eigenvalue weighted by molar-refractivity contribution is 0.667. The van der Waals surface area contributed by atoms with Crippen LogP contribution in [0.1, 0.15) is 30.5 Å². The first kappa shape index (κ1) is 27.5. The number of hydrogen-bond donors (Lipinski definition) is 0. The fraction of sp³-hybridized carbons (Fsp3) is 0.0909. The molecule has 48 heavy (non-hydrogen) atoms. The quantitative estimate of drug-likeness (QED) is 0.194. The zero-order valence-corrected chi connectivity index (χ0v) is 27.8. The Labute approximate surface area is 282 Å². The average Bonchev–Trinajstić information content (AvgIpc) is 3.75. The van der Waals surface area contributed by atoms with Gasteiger partial charge >= 0.3 is 0 Å². The van der Waals surface area contributed by atoms with Crippen LogP contribution >= 0.6 is 11.3 Å².